The van der Waals surface area contributed by atoms with Gasteiger partial charge in [-0.2, -0.15) is 0 Å². The summed E-state index contributed by atoms with van der Waals surface area (Å²) in [5.74, 6) is 0.942. The predicted molar refractivity (Wildman–Crippen MR) is 46.7 cm³/mol. The molecule has 1 rings (SSSR count). The number of rotatable bonds is 2. The van der Waals surface area contributed by atoms with Crippen LogP contribution in [0.4, 0.5) is 5.95 Å². The Balaban J connectivity index is 2.79. The third-order valence-corrected chi connectivity index (χ3v) is 1.64. The molecule has 0 aromatic carbocycles. The van der Waals surface area contributed by atoms with E-state index in [0.717, 1.165) is 5.95 Å². The van der Waals surface area contributed by atoms with Gasteiger partial charge in [-0.05, 0) is 20.8 Å². The molecule has 0 aliphatic rings. The summed E-state index contributed by atoms with van der Waals surface area (Å²) in [4.78, 5) is 4.21. The zero-order valence-electron chi connectivity index (χ0n) is 7.55. The van der Waals surface area contributed by atoms with E-state index >= 15 is 0 Å². The van der Waals surface area contributed by atoms with Gasteiger partial charge in [0.25, 0.3) is 0 Å². The quantitative estimate of drug-likeness (QED) is 0.698. The zero-order chi connectivity index (χ0) is 8.43. The van der Waals surface area contributed by atoms with Crippen molar-refractivity contribution in [3.63, 3.8) is 0 Å². The lowest BCUT2D eigenvalue weighted by Crippen LogP contribution is -2.13. The molecule has 1 aromatic rings. The van der Waals surface area contributed by atoms with Crippen LogP contribution in [-0.2, 0) is 7.05 Å². The Morgan fingerprint density at radius 2 is 2.18 bits per heavy atom. The minimum Gasteiger partial charge on any atom is -0.353 e. The molecule has 1 N–H and O–H groups in total. The number of aryl methyl sites for hydroxylation is 1. The third-order valence-electron chi connectivity index (χ3n) is 1.64. The molecule has 3 nitrogen and oxygen atoms in total. The van der Waals surface area contributed by atoms with Gasteiger partial charge < -0.3 is 9.88 Å². The molecule has 0 spiro atoms. The first-order chi connectivity index (χ1) is 5.11. The Morgan fingerprint density at radius 1 is 1.55 bits per heavy atom. The van der Waals surface area contributed by atoms with Crippen molar-refractivity contribution in [2.75, 3.05) is 5.32 Å². The van der Waals surface area contributed by atoms with Crippen LogP contribution in [0.15, 0.2) is 6.20 Å². The summed E-state index contributed by atoms with van der Waals surface area (Å²) < 4.78 is 2.04. The first kappa shape index (κ1) is 8.11. The lowest BCUT2D eigenvalue weighted by atomic mass is 10.4. The molecule has 0 unspecified atom stereocenters. The van der Waals surface area contributed by atoms with Crippen molar-refractivity contribution >= 4 is 5.95 Å². The van der Waals surface area contributed by atoms with Crippen molar-refractivity contribution in [1.82, 2.24) is 9.55 Å². The summed E-state index contributed by atoms with van der Waals surface area (Å²) in [5, 5.41) is 3.25. The van der Waals surface area contributed by atoms with Gasteiger partial charge in [0.05, 0.1) is 6.20 Å². The second kappa shape index (κ2) is 2.95. The topological polar surface area (TPSA) is 29.9 Å². The second-order valence-electron chi connectivity index (χ2n) is 3.08. The van der Waals surface area contributed by atoms with E-state index in [4.69, 9.17) is 0 Å². The fourth-order valence-corrected chi connectivity index (χ4v) is 0.887. The standard InChI is InChI=1S/C8H15N3/c1-6(2)10-8-9-5-7(3)11(8)4/h5-6H,1-4H3,(H,9,10). The highest BCUT2D eigenvalue weighted by atomic mass is 15.2. The van der Waals surface area contributed by atoms with Gasteiger partial charge in [0.15, 0.2) is 0 Å². The van der Waals surface area contributed by atoms with Gasteiger partial charge in [0.2, 0.25) is 5.95 Å². The van der Waals surface area contributed by atoms with Crippen LogP contribution in [0.5, 0.6) is 0 Å². The summed E-state index contributed by atoms with van der Waals surface area (Å²) in [6.45, 7) is 6.24. The molecule has 0 saturated heterocycles. The summed E-state index contributed by atoms with van der Waals surface area (Å²) >= 11 is 0. The van der Waals surface area contributed by atoms with E-state index in [2.05, 4.69) is 24.1 Å². The van der Waals surface area contributed by atoms with Crippen molar-refractivity contribution in [2.24, 2.45) is 7.05 Å². The minimum absolute atomic E-state index is 0.440. The molecule has 1 aromatic heterocycles. The molecule has 0 atom stereocenters. The number of nitrogens with zero attached hydrogens (tertiary/aromatic N) is 2. The largest absolute Gasteiger partial charge is 0.353 e. The molecule has 0 bridgehead atoms. The molecule has 1 heterocycles. The number of nitrogens with one attached hydrogen (secondary N) is 1. The van der Waals surface area contributed by atoms with Crippen LogP contribution >= 0.6 is 0 Å². The van der Waals surface area contributed by atoms with Crippen molar-refractivity contribution in [3.8, 4) is 0 Å². The van der Waals surface area contributed by atoms with Crippen molar-refractivity contribution in [2.45, 2.75) is 26.8 Å². The predicted octanol–water partition coefficient (Wildman–Crippen LogP) is 1.55. The van der Waals surface area contributed by atoms with E-state index in [0.29, 0.717) is 6.04 Å². The fourth-order valence-electron chi connectivity index (χ4n) is 0.887. The molecular formula is C8H15N3. The highest BCUT2D eigenvalue weighted by molar-refractivity contribution is 5.29. The van der Waals surface area contributed by atoms with E-state index in [1.54, 1.807) is 0 Å². The van der Waals surface area contributed by atoms with Gasteiger partial charge >= 0.3 is 0 Å². The van der Waals surface area contributed by atoms with Gasteiger partial charge in [-0.3, -0.25) is 0 Å². The number of hydrogen-bond acceptors (Lipinski definition) is 2. The van der Waals surface area contributed by atoms with Crippen LogP contribution in [0, 0.1) is 6.92 Å². The summed E-state index contributed by atoms with van der Waals surface area (Å²) in [6, 6.07) is 0.440. The first-order valence-corrected chi connectivity index (χ1v) is 3.86. The SMILES string of the molecule is Cc1cnc(NC(C)C)n1C. The van der Waals surface area contributed by atoms with Gasteiger partial charge in [-0.25, -0.2) is 4.98 Å². The van der Waals surface area contributed by atoms with Crippen LogP contribution in [0.25, 0.3) is 0 Å². The van der Waals surface area contributed by atoms with Crippen LogP contribution in [-0.4, -0.2) is 15.6 Å². The highest BCUT2D eigenvalue weighted by Gasteiger charge is 2.02. The lowest BCUT2D eigenvalue weighted by Gasteiger charge is -2.09. The van der Waals surface area contributed by atoms with Gasteiger partial charge in [0, 0.05) is 18.8 Å². The summed E-state index contributed by atoms with van der Waals surface area (Å²) in [5.41, 5.74) is 1.17. The maximum Gasteiger partial charge on any atom is 0.202 e. The number of anilines is 1. The monoisotopic (exact) mass is 153 g/mol. The maximum absolute atomic E-state index is 4.21. The molecule has 3 heteroatoms. The molecule has 0 radical (unpaired) electrons. The Morgan fingerprint density at radius 3 is 2.55 bits per heavy atom. The molecule has 0 aliphatic carbocycles. The van der Waals surface area contributed by atoms with Crippen LogP contribution in [0.2, 0.25) is 0 Å². The second-order valence-corrected chi connectivity index (χ2v) is 3.08. The molecule has 0 fully saturated rings. The van der Waals surface area contributed by atoms with E-state index in [1.165, 1.54) is 5.69 Å². The molecule has 11 heavy (non-hydrogen) atoms. The Labute approximate surface area is 67.4 Å². The molecular weight excluding hydrogens is 138 g/mol. The van der Waals surface area contributed by atoms with E-state index in [-0.39, 0.29) is 0 Å². The van der Waals surface area contributed by atoms with E-state index in [9.17, 15) is 0 Å². The van der Waals surface area contributed by atoms with Crippen molar-refractivity contribution in [1.29, 1.82) is 0 Å². The molecule has 0 aliphatic heterocycles. The van der Waals surface area contributed by atoms with Crippen LogP contribution in [0.1, 0.15) is 19.5 Å². The number of aromatic nitrogens is 2. The summed E-state index contributed by atoms with van der Waals surface area (Å²) in [6.07, 6.45) is 1.87. The molecule has 0 amide bonds. The van der Waals surface area contributed by atoms with Crippen LogP contribution < -0.4 is 5.32 Å². The molecule has 0 saturated carbocycles. The van der Waals surface area contributed by atoms with Gasteiger partial charge in [-0.1, -0.05) is 0 Å². The summed E-state index contributed by atoms with van der Waals surface area (Å²) in [7, 11) is 2.01. The smallest absolute Gasteiger partial charge is 0.202 e. The average molecular weight is 153 g/mol. The molecule has 62 valence electrons. The minimum atomic E-state index is 0.440. The highest BCUT2D eigenvalue weighted by Crippen LogP contribution is 2.07. The lowest BCUT2D eigenvalue weighted by molar-refractivity contribution is 0.818. The van der Waals surface area contributed by atoms with Gasteiger partial charge in [0.1, 0.15) is 0 Å². The maximum atomic E-state index is 4.21. The van der Waals surface area contributed by atoms with Crippen LogP contribution in [0.3, 0.4) is 0 Å². The average Bonchev–Trinajstić information content (AvgIpc) is 2.18. The third kappa shape index (κ3) is 1.73. The number of hydrogen-bond donors (Lipinski definition) is 1. The Hall–Kier alpha value is -0.990. The number of imidazole rings is 1. The van der Waals surface area contributed by atoms with Gasteiger partial charge in [-0.15, -0.1) is 0 Å². The van der Waals surface area contributed by atoms with E-state index in [1.807, 2.05) is 24.7 Å². The van der Waals surface area contributed by atoms with Crippen molar-refractivity contribution < 1.29 is 0 Å². The Bertz CT molecular complexity index is 237. The van der Waals surface area contributed by atoms with E-state index < -0.39 is 0 Å². The Kier molecular flexibility index (Phi) is 2.17. The normalized spacial score (nSPS) is 10.6. The fraction of sp³-hybridized carbons (Fsp3) is 0.625. The van der Waals surface area contributed by atoms with Crippen molar-refractivity contribution in [3.05, 3.63) is 11.9 Å². The zero-order valence-corrected chi connectivity index (χ0v) is 7.55. The first-order valence-electron chi connectivity index (χ1n) is 3.86.